The van der Waals surface area contributed by atoms with Gasteiger partial charge in [-0.1, -0.05) is 43.7 Å². The van der Waals surface area contributed by atoms with Crippen molar-refractivity contribution in [2.24, 2.45) is 5.92 Å². The molecule has 0 saturated carbocycles. The molecule has 0 fully saturated rings. The quantitative estimate of drug-likeness (QED) is 0.746. The topological polar surface area (TPSA) is 12.0 Å². The predicted molar refractivity (Wildman–Crippen MR) is 72.0 cm³/mol. The average Bonchev–Trinajstić information content (AvgIpc) is 2.26. The summed E-state index contributed by atoms with van der Waals surface area (Å²) in [6, 6.07) is 9.05. The van der Waals surface area contributed by atoms with Crippen molar-refractivity contribution in [1.29, 1.82) is 0 Å². The summed E-state index contributed by atoms with van der Waals surface area (Å²) in [5, 5.41) is 3.50. The highest BCUT2D eigenvalue weighted by atomic mass is 35.5. The molecular weight excluding hydrogens is 218 g/mol. The zero-order valence-electron chi connectivity index (χ0n) is 10.5. The van der Waals surface area contributed by atoms with Crippen molar-refractivity contribution < 1.29 is 0 Å². The molecule has 0 saturated heterocycles. The van der Waals surface area contributed by atoms with Gasteiger partial charge in [-0.25, -0.2) is 0 Å². The van der Waals surface area contributed by atoms with Crippen molar-refractivity contribution in [2.75, 3.05) is 5.88 Å². The molecule has 1 aromatic rings. The zero-order valence-corrected chi connectivity index (χ0v) is 11.2. The first kappa shape index (κ1) is 13.5. The molecule has 1 rings (SSSR count). The number of nitrogens with one attached hydrogen (secondary N) is 1. The molecule has 90 valence electrons. The Hall–Kier alpha value is -0.530. The van der Waals surface area contributed by atoms with Gasteiger partial charge in [0.25, 0.3) is 0 Å². The number of aryl methyl sites for hydroxylation is 1. The smallest absolute Gasteiger partial charge is 0.0377 e. The summed E-state index contributed by atoms with van der Waals surface area (Å²) in [6.07, 6.45) is 1.13. The van der Waals surface area contributed by atoms with E-state index in [2.05, 4.69) is 50.4 Å². The second kappa shape index (κ2) is 6.93. The standard InChI is InChI=1S/C14H22ClN/c1-11(2)8-14(9-15)16-10-13-6-4-12(3)5-7-13/h4-7,11,14,16H,8-10H2,1-3H3. The lowest BCUT2D eigenvalue weighted by Crippen LogP contribution is -2.31. The van der Waals surface area contributed by atoms with E-state index in [1.807, 2.05) is 0 Å². The van der Waals surface area contributed by atoms with Crippen LogP contribution in [0.3, 0.4) is 0 Å². The van der Waals surface area contributed by atoms with Crippen molar-refractivity contribution in [3.63, 3.8) is 0 Å². The Morgan fingerprint density at radius 1 is 1.19 bits per heavy atom. The van der Waals surface area contributed by atoms with Gasteiger partial charge in [0.15, 0.2) is 0 Å². The van der Waals surface area contributed by atoms with Crippen molar-refractivity contribution in [3.05, 3.63) is 35.4 Å². The lowest BCUT2D eigenvalue weighted by molar-refractivity contribution is 0.445. The molecule has 0 amide bonds. The van der Waals surface area contributed by atoms with Gasteiger partial charge in [0.05, 0.1) is 0 Å². The maximum atomic E-state index is 5.94. The number of hydrogen-bond donors (Lipinski definition) is 1. The van der Waals surface area contributed by atoms with Gasteiger partial charge in [-0.3, -0.25) is 0 Å². The van der Waals surface area contributed by atoms with Crippen molar-refractivity contribution in [3.8, 4) is 0 Å². The van der Waals surface area contributed by atoms with E-state index in [0.717, 1.165) is 13.0 Å². The third-order valence-electron chi connectivity index (χ3n) is 2.66. The maximum absolute atomic E-state index is 5.94. The van der Waals surface area contributed by atoms with Crippen LogP contribution < -0.4 is 5.32 Å². The second-order valence-corrected chi connectivity index (χ2v) is 5.16. The van der Waals surface area contributed by atoms with Crippen LogP contribution in [0.15, 0.2) is 24.3 Å². The van der Waals surface area contributed by atoms with Gasteiger partial charge in [-0.05, 0) is 24.8 Å². The number of alkyl halides is 1. The van der Waals surface area contributed by atoms with E-state index in [4.69, 9.17) is 11.6 Å². The summed E-state index contributed by atoms with van der Waals surface area (Å²) >= 11 is 5.94. The Morgan fingerprint density at radius 2 is 1.81 bits per heavy atom. The Morgan fingerprint density at radius 3 is 2.31 bits per heavy atom. The van der Waals surface area contributed by atoms with Crippen LogP contribution in [-0.4, -0.2) is 11.9 Å². The summed E-state index contributed by atoms with van der Waals surface area (Å²) in [4.78, 5) is 0. The van der Waals surface area contributed by atoms with E-state index in [0.29, 0.717) is 17.8 Å². The molecule has 2 heteroatoms. The number of rotatable bonds is 6. The van der Waals surface area contributed by atoms with Crippen LogP contribution >= 0.6 is 11.6 Å². The summed E-state index contributed by atoms with van der Waals surface area (Å²) in [7, 11) is 0. The van der Waals surface area contributed by atoms with Gasteiger partial charge in [0.2, 0.25) is 0 Å². The minimum Gasteiger partial charge on any atom is -0.309 e. The van der Waals surface area contributed by atoms with Crippen LogP contribution in [-0.2, 0) is 6.54 Å². The normalized spacial score (nSPS) is 13.1. The minimum atomic E-state index is 0.419. The molecule has 0 spiro atoms. The molecule has 0 heterocycles. The Balaban J connectivity index is 2.40. The van der Waals surface area contributed by atoms with E-state index < -0.39 is 0 Å². The van der Waals surface area contributed by atoms with Crippen LogP contribution in [0, 0.1) is 12.8 Å². The van der Waals surface area contributed by atoms with Crippen molar-refractivity contribution in [2.45, 2.75) is 39.8 Å². The third-order valence-corrected chi connectivity index (χ3v) is 3.03. The molecule has 1 aromatic carbocycles. The first-order valence-corrected chi connectivity index (χ1v) is 6.50. The van der Waals surface area contributed by atoms with E-state index >= 15 is 0 Å². The van der Waals surface area contributed by atoms with Gasteiger partial charge in [0, 0.05) is 18.5 Å². The van der Waals surface area contributed by atoms with E-state index in [-0.39, 0.29) is 0 Å². The highest BCUT2D eigenvalue weighted by Gasteiger charge is 2.08. The molecule has 1 N–H and O–H groups in total. The predicted octanol–water partition coefficient (Wildman–Crippen LogP) is 3.74. The summed E-state index contributed by atoms with van der Waals surface area (Å²) < 4.78 is 0. The molecule has 0 aromatic heterocycles. The number of hydrogen-bond acceptors (Lipinski definition) is 1. The Labute approximate surface area is 104 Å². The fourth-order valence-electron chi connectivity index (χ4n) is 1.74. The van der Waals surface area contributed by atoms with Gasteiger partial charge < -0.3 is 5.32 Å². The van der Waals surface area contributed by atoms with Gasteiger partial charge in [-0.15, -0.1) is 11.6 Å². The summed E-state index contributed by atoms with van der Waals surface area (Å²) in [6.45, 7) is 7.47. The summed E-state index contributed by atoms with van der Waals surface area (Å²) in [5.41, 5.74) is 2.63. The lowest BCUT2D eigenvalue weighted by atomic mass is 10.0. The monoisotopic (exact) mass is 239 g/mol. The second-order valence-electron chi connectivity index (χ2n) is 4.85. The first-order valence-electron chi connectivity index (χ1n) is 5.96. The van der Waals surface area contributed by atoms with Crippen molar-refractivity contribution >= 4 is 11.6 Å². The molecular formula is C14H22ClN. The van der Waals surface area contributed by atoms with E-state index in [1.54, 1.807) is 0 Å². The van der Waals surface area contributed by atoms with Crippen LogP contribution in [0.1, 0.15) is 31.4 Å². The van der Waals surface area contributed by atoms with E-state index in [9.17, 15) is 0 Å². The molecule has 0 aliphatic heterocycles. The van der Waals surface area contributed by atoms with Crippen LogP contribution in [0.5, 0.6) is 0 Å². The molecule has 0 bridgehead atoms. The van der Waals surface area contributed by atoms with E-state index in [1.165, 1.54) is 11.1 Å². The zero-order chi connectivity index (χ0) is 12.0. The van der Waals surface area contributed by atoms with Gasteiger partial charge in [-0.2, -0.15) is 0 Å². The fraction of sp³-hybridized carbons (Fsp3) is 0.571. The largest absolute Gasteiger partial charge is 0.309 e. The number of benzene rings is 1. The SMILES string of the molecule is Cc1ccc(CNC(CCl)CC(C)C)cc1. The molecule has 1 atom stereocenters. The molecule has 0 aliphatic rings. The molecule has 16 heavy (non-hydrogen) atoms. The maximum Gasteiger partial charge on any atom is 0.0377 e. The van der Waals surface area contributed by atoms with Crippen LogP contribution in [0.25, 0.3) is 0 Å². The average molecular weight is 240 g/mol. The Kier molecular flexibility index (Phi) is 5.86. The molecule has 1 unspecified atom stereocenters. The molecule has 0 radical (unpaired) electrons. The van der Waals surface area contributed by atoms with Gasteiger partial charge in [0.1, 0.15) is 0 Å². The van der Waals surface area contributed by atoms with Crippen molar-refractivity contribution in [1.82, 2.24) is 5.32 Å². The van der Waals surface area contributed by atoms with Gasteiger partial charge >= 0.3 is 0 Å². The highest BCUT2D eigenvalue weighted by Crippen LogP contribution is 2.08. The third kappa shape index (κ3) is 5.00. The first-order chi connectivity index (χ1) is 7.61. The van der Waals surface area contributed by atoms with Crippen LogP contribution in [0.4, 0.5) is 0 Å². The highest BCUT2D eigenvalue weighted by molar-refractivity contribution is 6.18. The molecule has 1 nitrogen and oxygen atoms in total. The Bertz CT molecular complexity index is 292. The fourth-order valence-corrected chi connectivity index (χ4v) is 1.97. The van der Waals surface area contributed by atoms with Crippen LogP contribution in [0.2, 0.25) is 0 Å². The molecule has 0 aliphatic carbocycles. The lowest BCUT2D eigenvalue weighted by Gasteiger charge is -2.18. The summed E-state index contributed by atoms with van der Waals surface area (Å²) in [5.74, 6) is 1.37. The number of halogens is 1. The minimum absolute atomic E-state index is 0.419.